The van der Waals surface area contributed by atoms with Crippen LogP contribution < -0.4 is 5.32 Å². The van der Waals surface area contributed by atoms with E-state index in [1.807, 2.05) is 23.6 Å². The Morgan fingerprint density at radius 1 is 1.08 bits per heavy atom. The summed E-state index contributed by atoms with van der Waals surface area (Å²) in [4.78, 5) is 10.5. The van der Waals surface area contributed by atoms with Crippen LogP contribution in [0.5, 0.6) is 0 Å². The highest BCUT2D eigenvalue weighted by Gasteiger charge is 2.09. The number of thioether (sulfide) groups is 1. The zero-order chi connectivity index (χ0) is 17.2. The number of fused-ring (bicyclic) bond motifs is 1. The van der Waals surface area contributed by atoms with Crippen LogP contribution >= 0.6 is 34.4 Å². The van der Waals surface area contributed by atoms with Crippen molar-refractivity contribution in [2.75, 3.05) is 11.6 Å². The minimum absolute atomic E-state index is 0.649. The number of nitrogens with zero attached hydrogens (tertiary/aromatic N) is 3. The monoisotopic (exact) mass is 380 g/mol. The number of thiazole rings is 2. The van der Waals surface area contributed by atoms with Crippen molar-refractivity contribution in [2.45, 2.75) is 4.90 Å². The summed E-state index contributed by atoms with van der Waals surface area (Å²) in [5, 5.41) is 15.8. The molecular weight excluding hydrogens is 368 g/mol. The van der Waals surface area contributed by atoms with Crippen molar-refractivity contribution in [3.8, 4) is 17.3 Å². The van der Waals surface area contributed by atoms with Gasteiger partial charge in [-0.15, -0.1) is 23.1 Å². The Balaban J connectivity index is 1.57. The molecule has 0 fully saturated rings. The molecule has 2 aromatic carbocycles. The molecule has 4 nitrogen and oxygen atoms in total. The van der Waals surface area contributed by atoms with Crippen molar-refractivity contribution in [3.63, 3.8) is 0 Å². The minimum Gasteiger partial charge on any atom is -0.307 e. The zero-order valence-corrected chi connectivity index (χ0v) is 15.6. The molecule has 25 heavy (non-hydrogen) atoms. The Hall–Kier alpha value is -2.40. The fourth-order valence-electron chi connectivity index (χ4n) is 2.36. The van der Waals surface area contributed by atoms with Crippen LogP contribution in [0.1, 0.15) is 5.56 Å². The number of hydrogen-bond donors (Lipinski definition) is 1. The number of nitrogens with one attached hydrogen (secondary N) is 1. The van der Waals surface area contributed by atoms with Gasteiger partial charge in [0.25, 0.3) is 0 Å². The SMILES string of the molecule is CSc1ccc2nc(Nc3nc(-c4ccc(C#N)cc4)cs3)sc2c1. The van der Waals surface area contributed by atoms with Crippen LogP contribution in [0.3, 0.4) is 0 Å². The maximum Gasteiger partial charge on any atom is 0.190 e. The lowest BCUT2D eigenvalue weighted by molar-refractivity contribution is 1.36. The van der Waals surface area contributed by atoms with Gasteiger partial charge in [-0.25, -0.2) is 9.97 Å². The first-order valence-corrected chi connectivity index (χ1v) is 10.3. The summed E-state index contributed by atoms with van der Waals surface area (Å²) >= 11 is 4.90. The zero-order valence-electron chi connectivity index (χ0n) is 13.2. The van der Waals surface area contributed by atoms with Gasteiger partial charge in [0.2, 0.25) is 0 Å². The third-order valence-corrected chi connectivity index (χ3v) is 6.04. The Morgan fingerprint density at radius 2 is 1.92 bits per heavy atom. The predicted molar refractivity (Wildman–Crippen MR) is 107 cm³/mol. The summed E-state index contributed by atoms with van der Waals surface area (Å²) in [5.74, 6) is 0. The Bertz CT molecular complexity index is 1070. The second-order valence-electron chi connectivity index (χ2n) is 5.20. The van der Waals surface area contributed by atoms with Crippen LogP contribution in [-0.4, -0.2) is 16.2 Å². The molecule has 1 N–H and O–H groups in total. The average molecular weight is 381 g/mol. The van der Waals surface area contributed by atoms with Crippen molar-refractivity contribution in [1.29, 1.82) is 5.26 Å². The third-order valence-electron chi connectivity index (χ3n) is 3.62. The molecular formula is C18H12N4S3. The van der Waals surface area contributed by atoms with E-state index in [1.165, 1.54) is 9.60 Å². The molecule has 4 aromatic rings. The molecule has 122 valence electrons. The van der Waals surface area contributed by atoms with Gasteiger partial charge in [0, 0.05) is 15.8 Å². The number of benzene rings is 2. The third kappa shape index (κ3) is 3.37. The van der Waals surface area contributed by atoms with Crippen LogP contribution in [0.4, 0.5) is 10.3 Å². The molecule has 0 amide bonds. The van der Waals surface area contributed by atoms with Crippen molar-refractivity contribution >= 4 is 54.9 Å². The average Bonchev–Trinajstić information content (AvgIpc) is 3.27. The molecule has 0 unspecified atom stereocenters. The number of anilines is 2. The van der Waals surface area contributed by atoms with E-state index in [-0.39, 0.29) is 0 Å². The molecule has 0 spiro atoms. The minimum atomic E-state index is 0.649. The van der Waals surface area contributed by atoms with Crippen molar-refractivity contribution < 1.29 is 0 Å². The molecule has 0 saturated carbocycles. The van der Waals surface area contributed by atoms with Crippen LogP contribution in [-0.2, 0) is 0 Å². The van der Waals surface area contributed by atoms with E-state index in [1.54, 1.807) is 46.6 Å². The van der Waals surface area contributed by atoms with E-state index < -0.39 is 0 Å². The first-order valence-electron chi connectivity index (χ1n) is 7.43. The fourth-order valence-corrected chi connectivity index (χ4v) is 4.56. The summed E-state index contributed by atoms with van der Waals surface area (Å²) in [6.07, 6.45) is 2.07. The van der Waals surface area contributed by atoms with Crippen molar-refractivity contribution in [3.05, 3.63) is 53.4 Å². The second-order valence-corrected chi connectivity index (χ2v) is 7.97. The van der Waals surface area contributed by atoms with Gasteiger partial charge in [-0.2, -0.15) is 5.26 Å². The van der Waals surface area contributed by atoms with Gasteiger partial charge in [0.1, 0.15) is 0 Å². The van der Waals surface area contributed by atoms with Crippen molar-refractivity contribution in [1.82, 2.24) is 9.97 Å². The van der Waals surface area contributed by atoms with Gasteiger partial charge < -0.3 is 5.32 Å². The number of aromatic nitrogens is 2. The molecule has 0 atom stereocenters. The van der Waals surface area contributed by atoms with Gasteiger partial charge in [-0.1, -0.05) is 23.5 Å². The lowest BCUT2D eigenvalue weighted by Crippen LogP contribution is -1.88. The van der Waals surface area contributed by atoms with Gasteiger partial charge in [-0.05, 0) is 36.6 Å². The van der Waals surface area contributed by atoms with Crippen molar-refractivity contribution in [2.24, 2.45) is 0 Å². The lowest BCUT2D eigenvalue weighted by atomic mass is 10.1. The van der Waals surface area contributed by atoms with E-state index in [0.29, 0.717) is 5.56 Å². The van der Waals surface area contributed by atoms with Crippen LogP contribution in [0.15, 0.2) is 52.7 Å². The highest BCUT2D eigenvalue weighted by molar-refractivity contribution is 7.98. The molecule has 0 aliphatic carbocycles. The lowest BCUT2D eigenvalue weighted by Gasteiger charge is -1.97. The number of rotatable bonds is 4. The fraction of sp³-hybridized carbons (Fsp3) is 0.0556. The van der Waals surface area contributed by atoms with E-state index in [2.05, 4.69) is 39.7 Å². The summed E-state index contributed by atoms with van der Waals surface area (Å²) in [7, 11) is 0. The Kier molecular flexibility index (Phi) is 4.40. The molecule has 0 saturated heterocycles. The first kappa shape index (κ1) is 16.1. The molecule has 0 bridgehead atoms. The molecule has 0 aliphatic heterocycles. The highest BCUT2D eigenvalue weighted by Crippen LogP contribution is 2.33. The molecule has 2 aromatic heterocycles. The predicted octanol–water partition coefficient (Wildman–Crippen LogP) is 5.76. The first-order chi connectivity index (χ1) is 12.2. The smallest absolute Gasteiger partial charge is 0.190 e. The summed E-state index contributed by atoms with van der Waals surface area (Å²) in [6.45, 7) is 0. The molecule has 7 heteroatoms. The van der Waals surface area contributed by atoms with E-state index in [4.69, 9.17) is 5.26 Å². The van der Waals surface area contributed by atoms with Crippen LogP contribution in [0.25, 0.3) is 21.5 Å². The molecule has 2 heterocycles. The summed E-state index contributed by atoms with van der Waals surface area (Å²) in [5.41, 5.74) is 3.53. The standard InChI is InChI=1S/C18H12N4S3/c1-23-13-6-7-14-16(8-13)25-18(20-14)22-17-21-15(10-24-17)12-4-2-11(9-19)3-5-12/h2-8,10H,1H3,(H,20,21,22). The maximum atomic E-state index is 8.88. The Labute approximate surface area is 157 Å². The van der Waals surface area contributed by atoms with Gasteiger partial charge in [-0.3, -0.25) is 0 Å². The summed E-state index contributed by atoms with van der Waals surface area (Å²) in [6, 6.07) is 15.9. The highest BCUT2D eigenvalue weighted by atomic mass is 32.2. The van der Waals surface area contributed by atoms with E-state index >= 15 is 0 Å². The van der Waals surface area contributed by atoms with Crippen LogP contribution in [0, 0.1) is 11.3 Å². The number of hydrogen-bond acceptors (Lipinski definition) is 7. The number of nitriles is 1. The normalized spacial score (nSPS) is 10.7. The van der Waals surface area contributed by atoms with Crippen LogP contribution in [0.2, 0.25) is 0 Å². The maximum absolute atomic E-state index is 8.88. The summed E-state index contributed by atoms with van der Waals surface area (Å²) < 4.78 is 1.17. The van der Waals surface area contributed by atoms with Gasteiger partial charge in [0.05, 0.1) is 27.5 Å². The molecule has 0 aliphatic rings. The second kappa shape index (κ2) is 6.84. The van der Waals surface area contributed by atoms with Gasteiger partial charge in [0.15, 0.2) is 10.3 Å². The quantitative estimate of drug-likeness (QED) is 0.456. The van der Waals surface area contributed by atoms with Gasteiger partial charge >= 0.3 is 0 Å². The largest absolute Gasteiger partial charge is 0.307 e. The molecule has 4 rings (SSSR count). The van der Waals surface area contributed by atoms with E-state index in [0.717, 1.165) is 27.0 Å². The molecule has 0 radical (unpaired) electrons. The Morgan fingerprint density at radius 3 is 2.68 bits per heavy atom. The van der Waals surface area contributed by atoms with E-state index in [9.17, 15) is 0 Å². The topological polar surface area (TPSA) is 61.6 Å².